The van der Waals surface area contributed by atoms with E-state index in [9.17, 15) is 4.79 Å². The lowest BCUT2D eigenvalue weighted by atomic mass is 10.1. The minimum atomic E-state index is 0.00115. The lowest BCUT2D eigenvalue weighted by Gasteiger charge is -2.08. The highest BCUT2D eigenvalue weighted by molar-refractivity contribution is 8.00. The van der Waals surface area contributed by atoms with Crippen LogP contribution in [0.1, 0.15) is 5.56 Å². The van der Waals surface area contributed by atoms with Gasteiger partial charge >= 0.3 is 0 Å². The molecular weight excluding hydrogens is 400 g/mol. The second-order valence-corrected chi connectivity index (χ2v) is 8.50. The largest absolute Gasteiger partial charge is 0.342 e. The number of hydrogen-bond acceptors (Lipinski definition) is 2. The van der Waals surface area contributed by atoms with Gasteiger partial charge < -0.3 is 9.88 Å². The molecule has 1 aromatic heterocycles. The molecular formula is C27H22N2OS. The van der Waals surface area contributed by atoms with Gasteiger partial charge in [-0.1, -0.05) is 84.9 Å². The maximum atomic E-state index is 12.7. The van der Waals surface area contributed by atoms with Crippen LogP contribution < -0.4 is 5.32 Å². The van der Waals surface area contributed by atoms with Crippen molar-refractivity contribution in [2.24, 2.45) is 0 Å². The van der Waals surface area contributed by atoms with Crippen LogP contribution in [0.25, 0.3) is 21.7 Å². The Kier molecular flexibility index (Phi) is 5.46. The lowest BCUT2D eigenvalue weighted by Crippen LogP contribution is -2.14. The van der Waals surface area contributed by atoms with Crippen LogP contribution in [0, 0.1) is 0 Å². The Morgan fingerprint density at radius 2 is 1.48 bits per heavy atom. The highest BCUT2D eigenvalue weighted by Crippen LogP contribution is 2.31. The molecule has 0 spiro atoms. The van der Waals surface area contributed by atoms with Crippen molar-refractivity contribution >= 4 is 45.0 Å². The molecule has 1 heterocycles. The molecule has 3 nitrogen and oxygen atoms in total. The molecule has 0 saturated heterocycles. The Hall–Kier alpha value is -3.50. The number of fused-ring (bicyclic) bond motifs is 2. The Morgan fingerprint density at radius 1 is 0.774 bits per heavy atom. The fraction of sp³-hybridized carbons (Fsp3) is 0.0741. The van der Waals surface area contributed by atoms with Gasteiger partial charge in [0.15, 0.2) is 0 Å². The van der Waals surface area contributed by atoms with Gasteiger partial charge in [-0.25, -0.2) is 0 Å². The summed E-state index contributed by atoms with van der Waals surface area (Å²) >= 11 is 1.58. The second-order valence-electron chi connectivity index (χ2n) is 7.49. The number of amides is 1. The van der Waals surface area contributed by atoms with Crippen molar-refractivity contribution in [3.8, 4) is 0 Å². The zero-order valence-electron chi connectivity index (χ0n) is 17.0. The summed E-state index contributed by atoms with van der Waals surface area (Å²) in [5.74, 6) is 0.365. The van der Waals surface area contributed by atoms with Gasteiger partial charge in [0.25, 0.3) is 0 Å². The first kappa shape index (κ1) is 19.5. The molecule has 5 aromatic rings. The minimum Gasteiger partial charge on any atom is -0.342 e. The highest BCUT2D eigenvalue weighted by atomic mass is 32.2. The molecule has 0 fully saturated rings. The topological polar surface area (TPSA) is 34.0 Å². The van der Waals surface area contributed by atoms with Crippen LogP contribution in [0.3, 0.4) is 0 Å². The summed E-state index contributed by atoms with van der Waals surface area (Å²) in [5, 5.41) is 6.45. The Labute approximate surface area is 185 Å². The minimum absolute atomic E-state index is 0.00115. The van der Waals surface area contributed by atoms with Crippen molar-refractivity contribution in [3.63, 3.8) is 0 Å². The molecule has 4 aromatic carbocycles. The number of nitrogens with zero attached hydrogens (tertiary/aromatic N) is 1. The standard InChI is InChI=1S/C27H22N2OS/c30-27(28-24-15-8-12-21-11-4-5-13-22(21)24)19-31-26-18-29(17-20-9-2-1-3-10-20)25-16-7-6-14-23(25)26/h1-16,18H,17,19H2,(H,28,30). The average molecular weight is 423 g/mol. The quantitative estimate of drug-likeness (QED) is 0.314. The maximum Gasteiger partial charge on any atom is 0.234 e. The molecule has 1 N–H and O–H groups in total. The summed E-state index contributed by atoms with van der Waals surface area (Å²) in [4.78, 5) is 13.8. The maximum absolute atomic E-state index is 12.7. The summed E-state index contributed by atoms with van der Waals surface area (Å²) in [6, 6.07) is 32.9. The molecule has 0 unspecified atom stereocenters. The third-order valence-electron chi connectivity index (χ3n) is 5.37. The molecule has 152 valence electrons. The van der Waals surface area contributed by atoms with E-state index >= 15 is 0 Å². The lowest BCUT2D eigenvalue weighted by molar-refractivity contribution is -0.113. The predicted molar refractivity (Wildman–Crippen MR) is 131 cm³/mol. The van der Waals surface area contributed by atoms with E-state index in [0.29, 0.717) is 5.75 Å². The Balaban J connectivity index is 1.34. The van der Waals surface area contributed by atoms with E-state index in [2.05, 4.69) is 76.7 Å². The molecule has 31 heavy (non-hydrogen) atoms. The number of thioether (sulfide) groups is 1. The molecule has 0 radical (unpaired) electrons. The first-order valence-electron chi connectivity index (χ1n) is 10.3. The number of carbonyl (C=O) groups excluding carboxylic acids is 1. The predicted octanol–water partition coefficient (Wildman–Crippen LogP) is 6.57. The van der Waals surface area contributed by atoms with Gasteiger partial charge in [-0.3, -0.25) is 4.79 Å². The second kappa shape index (κ2) is 8.70. The molecule has 0 bridgehead atoms. The monoisotopic (exact) mass is 422 g/mol. The van der Waals surface area contributed by atoms with Crippen LogP contribution in [0.15, 0.2) is 108 Å². The Bertz CT molecular complexity index is 1350. The van der Waals surface area contributed by atoms with E-state index < -0.39 is 0 Å². The first-order chi connectivity index (χ1) is 15.3. The highest BCUT2D eigenvalue weighted by Gasteiger charge is 2.12. The number of nitrogens with one attached hydrogen (secondary N) is 1. The van der Waals surface area contributed by atoms with Crippen LogP contribution in [0.2, 0.25) is 0 Å². The van der Waals surface area contributed by atoms with E-state index in [1.807, 2.05) is 36.4 Å². The van der Waals surface area contributed by atoms with Crippen LogP contribution >= 0.6 is 11.8 Å². The van der Waals surface area contributed by atoms with E-state index in [1.54, 1.807) is 11.8 Å². The number of aromatic nitrogens is 1. The van der Waals surface area contributed by atoms with E-state index in [1.165, 1.54) is 16.5 Å². The first-order valence-corrected chi connectivity index (χ1v) is 11.3. The summed E-state index contributed by atoms with van der Waals surface area (Å²) < 4.78 is 2.26. The molecule has 1 amide bonds. The molecule has 0 atom stereocenters. The fourth-order valence-corrected chi connectivity index (χ4v) is 4.79. The zero-order chi connectivity index (χ0) is 21.0. The SMILES string of the molecule is O=C(CSc1cn(Cc2ccccc2)c2ccccc12)Nc1cccc2ccccc12. The van der Waals surface area contributed by atoms with Gasteiger partial charge in [0.1, 0.15) is 0 Å². The van der Waals surface area contributed by atoms with Gasteiger partial charge in [0.05, 0.1) is 5.75 Å². The van der Waals surface area contributed by atoms with E-state index in [4.69, 9.17) is 0 Å². The normalized spacial score (nSPS) is 11.1. The molecule has 0 aliphatic rings. The van der Waals surface area contributed by atoms with Gasteiger partial charge in [-0.05, 0) is 23.1 Å². The van der Waals surface area contributed by atoms with Gasteiger partial charge in [0, 0.05) is 39.6 Å². The molecule has 0 saturated carbocycles. The summed E-state index contributed by atoms with van der Waals surface area (Å²) in [6.45, 7) is 0.810. The van der Waals surface area contributed by atoms with Crippen LogP contribution in [0.5, 0.6) is 0 Å². The summed E-state index contributed by atoms with van der Waals surface area (Å²) in [5.41, 5.74) is 3.30. The van der Waals surface area contributed by atoms with E-state index in [0.717, 1.165) is 27.9 Å². The third kappa shape index (κ3) is 4.21. The van der Waals surface area contributed by atoms with Crippen molar-refractivity contribution < 1.29 is 4.79 Å². The van der Waals surface area contributed by atoms with Crippen molar-refractivity contribution in [2.45, 2.75) is 11.4 Å². The number of anilines is 1. The number of para-hydroxylation sites is 1. The number of benzene rings is 4. The summed E-state index contributed by atoms with van der Waals surface area (Å²) in [6.07, 6.45) is 2.16. The smallest absolute Gasteiger partial charge is 0.234 e. The zero-order valence-corrected chi connectivity index (χ0v) is 17.8. The molecule has 0 aliphatic heterocycles. The fourth-order valence-electron chi connectivity index (χ4n) is 3.90. The van der Waals surface area contributed by atoms with Crippen LogP contribution in [-0.2, 0) is 11.3 Å². The Morgan fingerprint density at radius 3 is 2.35 bits per heavy atom. The number of rotatable bonds is 6. The number of carbonyl (C=O) groups is 1. The van der Waals surface area contributed by atoms with E-state index in [-0.39, 0.29) is 5.91 Å². The molecule has 4 heteroatoms. The van der Waals surface area contributed by atoms with Crippen molar-refractivity contribution in [3.05, 3.63) is 109 Å². The van der Waals surface area contributed by atoms with Gasteiger partial charge in [-0.2, -0.15) is 0 Å². The number of hydrogen-bond donors (Lipinski definition) is 1. The van der Waals surface area contributed by atoms with Crippen LogP contribution in [0.4, 0.5) is 5.69 Å². The molecule has 5 rings (SSSR count). The van der Waals surface area contributed by atoms with Crippen LogP contribution in [-0.4, -0.2) is 16.2 Å². The van der Waals surface area contributed by atoms with Crippen molar-refractivity contribution in [1.29, 1.82) is 0 Å². The van der Waals surface area contributed by atoms with Gasteiger partial charge in [-0.15, -0.1) is 11.8 Å². The van der Waals surface area contributed by atoms with Gasteiger partial charge in [0.2, 0.25) is 5.91 Å². The molecule has 0 aliphatic carbocycles. The average Bonchev–Trinajstić information content (AvgIpc) is 3.16. The van der Waals surface area contributed by atoms with Crippen molar-refractivity contribution in [2.75, 3.05) is 11.1 Å². The third-order valence-corrected chi connectivity index (χ3v) is 6.41. The summed E-state index contributed by atoms with van der Waals surface area (Å²) in [7, 11) is 0. The van der Waals surface area contributed by atoms with Crippen molar-refractivity contribution in [1.82, 2.24) is 4.57 Å².